The largest absolute Gasteiger partial charge is 0.310 e. The molecule has 0 saturated heterocycles. The predicted octanol–water partition coefficient (Wildman–Crippen LogP) is 2.45. The van der Waals surface area contributed by atoms with Gasteiger partial charge < -0.3 is 5.32 Å². The summed E-state index contributed by atoms with van der Waals surface area (Å²) >= 11 is 0. The van der Waals surface area contributed by atoms with Crippen LogP contribution in [0.15, 0.2) is 24.3 Å². The maximum absolute atomic E-state index is 8.92. The van der Waals surface area contributed by atoms with Gasteiger partial charge in [0.2, 0.25) is 0 Å². The molecular weight excluding hydrogens is 184 g/mol. The summed E-state index contributed by atoms with van der Waals surface area (Å²) in [6.45, 7) is 3.10. The van der Waals surface area contributed by atoms with E-state index in [1.807, 2.05) is 24.3 Å². The summed E-state index contributed by atoms with van der Waals surface area (Å²) in [5.74, 6) is 0.869. The van der Waals surface area contributed by atoms with Gasteiger partial charge in [0.15, 0.2) is 0 Å². The van der Waals surface area contributed by atoms with Crippen LogP contribution >= 0.6 is 0 Å². The molecule has 0 heterocycles. The highest BCUT2D eigenvalue weighted by atomic mass is 14.9. The Morgan fingerprint density at radius 2 is 2.13 bits per heavy atom. The van der Waals surface area contributed by atoms with Gasteiger partial charge in [0.25, 0.3) is 0 Å². The molecule has 1 saturated carbocycles. The molecule has 1 aromatic carbocycles. The first-order valence-electron chi connectivity index (χ1n) is 5.51. The third-order valence-corrected chi connectivity index (χ3v) is 3.09. The molecule has 15 heavy (non-hydrogen) atoms. The van der Waals surface area contributed by atoms with Gasteiger partial charge in [-0.15, -0.1) is 0 Å². The predicted molar refractivity (Wildman–Crippen MR) is 60.2 cm³/mol. The van der Waals surface area contributed by atoms with Crippen molar-refractivity contribution in [3.8, 4) is 6.07 Å². The summed E-state index contributed by atoms with van der Waals surface area (Å²) in [5, 5.41) is 12.4. The molecule has 78 valence electrons. The van der Waals surface area contributed by atoms with Crippen LogP contribution in [0.2, 0.25) is 0 Å². The first kappa shape index (κ1) is 10.2. The molecular formula is C13H16N2. The van der Waals surface area contributed by atoms with Gasteiger partial charge in [-0.2, -0.15) is 5.26 Å². The molecule has 1 fully saturated rings. The molecule has 0 aromatic heterocycles. The van der Waals surface area contributed by atoms with Crippen LogP contribution in [0.4, 0.5) is 0 Å². The standard InChI is InChI=1S/C13H16N2/c1-10-6-13(7-10)15-9-12-5-3-2-4-11(12)8-14/h2-5,10,13,15H,6-7,9H2,1H3. The van der Waals surface area contributed by atoms with Crippen molar-refractivity contribution in [3.05, 3.63) is 35.4 Å². The zero-order valence-electron chi connectivity index (χ0n) is 9.03. The van der Waals surface area contributed by atoms with E-state index in [-0.39, 0.29) is 0 Å². The lowest BCUT2D eigenvalue weighted by molar-refractivity contribution is 0.240. The van der Waals surface area contributed by atoms with Crippen molar-refractivity contribution in [1.29, 1.82) is 5.26 Å². The fourth-order valence-electron chi connectivity index (χ4n) is 2.11. The van der Waals surface area contributed by atoms with Crippen LogP contribution in [0.3, 0.4) is 0 Å². The molecule has 2 rings (SSSR count). The van der Waals surface area contributed by atoms with Crippen LogP contribution in [0.5, 0.6) is 0 Å². The second-order valence-corrected chi connectivity index (χ2v) is 4.42. The Bertz CT molecular complexity index is 372. The smallest absolute Gasteiger partial charge is 0.0995 e. The van der Waals surface area contributed by atoms with Crippen LogP contribution in [0, 0.1) is 17.2 Å². The van der Waals surface area contributed by atoms with Crippen molar-refractivity contribution in [3.63, 3.8) is 0 Å². The van der Waals surface area contributed by atoms with E-state index in [0.29, 0.717) is 6.04 Å². The van der Waals surface area contributed by atoms with E-state index in [1.165, 1.54) is 12.8 Å². The van der Waals surface area contributed by atoms with Gasteiger partial charge in [-0.05, 0) is 30.4 Å². The molecule has 1 aliphatic carbocycles. The van der Waals surface area contributed by atoms with E-state index in [2.05, 4.69) is 18.3 Å². The zero-order valence-corrected chi connectivity index (χ0v) is 9.03. The Hall–Kier alpha value is -1.33. The van der Waals surface area contributed by atoms with E-state index < -0.39 is 0 Å². The van der Waals surface area contributed by atoms with E-state index in [9.17, 15) is 0 Å². The SMILES string of the molecule is CC1CC(NCc2ccccc2C#N)C1. The Labute approximate surface area is 90.9 Å². The number of rotatable bonds is 3. The van der Waals surface area contributed by atoms with E-state index in [1.54, 1.807) is 0 Å². The van der Waals surface area contributed by atoms with Crippen molar-refractivity contribution in [2.45, 2.75) is 32.4 Å². The zero-order chi connectivity index (χ0) is 10.7. The molecule has 2 nitrogen and oxygen atoms in total. The maximum Gasteiger partial charge on any atom is 0.0995 e. The number of nitriles is 1. The minimum absolute atomic E-state index is 0.659. The molecule has 1 N–H and O–H groups in total. The van der Waals surface area contributed by atoms with Gasteiger partial charge in [0.05, 0.1) is 11.6 Å². The van der Waals surface area contributed by atoms with E-state index in [4.69, 9.17) is 5.26 Å². The van der Waals surface area contributed by atoms with Crippen molar-refractivity contribution in [1.82, 2.24) is 5.32 Å². The number of nitrogens with zero attached hydrogens (tertiary/aromatic N) is 1. The second kappa shape index (κ2) is 4.46. The van der Waals surface area contributed by atoms with E-state index in [0.717, 1.165) is 23.6 Å². The van der Waals surface area contributed by atoms with Gasteiger partial charge in [-0.1, -0.05) is 25.1 Å². The average molecular weight is 200 g/mol. The molecule has 0 unspecified atom stereocenters. The van der Waals surface area contributed by atoms with Gasteiger partial charge in [0, 0.05) is 12.6 Å². The normalized spacial score (nSPS) is 24.3. The fraction of sp³-hybridized carbons (Fsp3) is 0.462. The van der Waals surface area contributed by atoms with Gasteiger partial charge in [-0.3, -0.25) is 0 Å². The number of nitrogens with one attached hydrogen (secondary N) is 1. The van der Waals surface area contributed by atoms with Crippen LogP contribution in [0.1, 0.15) is 30.9 Å². The van der Waals surface area contributed by atoms with Crippen LogP contribution in [0.25, 0.3) is 0 Å². The summed E-state index contributed by atoms with van der Waals surface area (Å²) in [6, 6.07) is 10.7. The van der Waals surface area contributed by atoms with Crippen molar-refractivity contribution < 1.29 is 0 Å². The van der Waals surface area contributed by atoms with Crippen molar-refractivity contribution in [2.75, 3.05) is 0 Å². The molecule has 1 aliphatic rings. The quantitative estimate of drug-likeness (QED) is 0.813. The summed E-state index contributed by atoms with van der Waals surface area (Å²) in [6.07, 6.45) is 2.55. The Morgan fingerprint density at radius 1 is 1.40 bits per heavy atom. The number of benzene rings is 1. The molecule has 0 bridgehead atoms. The summed E-state index contributed by atoms with van der Waals surface area (Å²) in [7, 11) is 0. The number of hydrogen-bond acceptors (Lipinski definition) is 2. The first-order valence-corrected chi connectivity index (χ1v) is 5.51. The monoisotopic (exact) mass is 200 g/mol. The highest BCUT2D eigenvalue weighted by Crippen LogP contribution is 2.26. The summed E-state index contributed by atoms with van der Waals surface area (Å²) in [4.78, 5) is 0. The van der Waals surface area contributed by atoms with Gasteiger partial charge in [0.1, 0.15) is 0 Å². The fourth-order valence-corrected chi connectivity index (χ4v) is 2.11. The first-order chi connectivity index (χ1) is 7.29. The number of hydrogen-bond donors (Lipinski definition) is 1. The second-order valence-electron chi connectivity index (χ2n) is 4.42. The van der Waals surface area contributed by atoms with Crippen molar-refractivity contribution in [2.24, 2.45) is 5.92 Å². The molecule has 0 aliphatic heterocycles. The maximum atomic E-state index is 8.92. The van der Waals surface area contributed by atoms with E-state index >= 15 is 0 Å². The van der Waals surface area contributed by atoms with Crippen molar-refractivity contribution >= 4 is 0 Å². The lowest BCUT2D eigenvalue weighted by atomic mass is 9.82. The third-order valence-electron chi connectivity index (χ3n) is 3.09. The van der Waals surface area contributed by atoms with Crippen LogP contribution in [-0.4, -0.2) is 6.04 Å². The average Bonchev–Trinajstić information content (AvgIpc) is 2.23. The Morgan fingerprint density at radius 3 is 2.80 bits per heavy atom. The summed E-state index contributed by atoms with van der Waals surface area (Å²) < 4.78 is 0. The third kappa shape index (κ3) is 2.37. The summed E-state index contributed by atoms with van der Waals surface area (Å²) in [5.41, 5.74) is 1.90. The molecule has 0 atom stereocenters. The molecule has 1 aromatic rings. The minimum atomic E-state index is 0.659. The lowest BCUT2D eigenvalue weighted by Crippen LogP contribution is -2.39. The molecule has 0 radical (unpaired) electrons. The van der Waals surface area contributed by atoms with Crippen LogP contribution < -0.4 is 5.32 Å². The Kier molecular flexibility index (Phi) is 3.03. The topological polar surface area (TPSA) is 35.8 Å². The molecule has 2 heteroatoms. The minimum Gasteiger partial charge on any atom is -0.310 e. The molecule has 0 amide bonds. The van der Waals surface area contributed by atoms with Gasteiger partial charge >= 0.3 is 0 Å². The van der Waals surface area contributed by atoms with Gasteiger partial charge in [-0.25, -0.2) is 0 Å². The Balaban J connectivity index is 1.91. The lowest BCUT2D eigenvalue weighted by Gasteiger charge is -2.33. The molecule has 0 spiro atoms. The highest BCUT2D eigenvalue weighted by molar-refractivity contribution is 5.37. The van der Waals surface area contributed by atoms with Crippen LogP contribution in [-0.2, 0) is 6.54 Å². The highest BCUT2D eigenvalue weighted by Gasteiger charge is 2.24.